The molecule has 0 bridgehead atoms. The summed E-state index contributed by atoms with van der Waals surface area (Å²) in [5.74, 6) is 0.360. The van der Waals surface area contributed by atoms with E-state index in [0.29, 0.717) is 22.5 Å². The third-order valence-corrected chi connectivity index (χ3v) is 2.69. The SMILES string of the molecule is Cn1cnc(CNC(=O)c2cccnc2Br)n1. The van der Waals surface area contributed by atoms with Crippen LogP contribution in [0.3, 0.4) is 0 Å². The lowest BCUT2D eigenvalue weighted by atomic mass is 10.3. The monoisotopic (exact) mass is 295 g/mol. The number of hydrogen-bond acceptors (Lipinski definition) is 4. The van der Waals surface area contributed by atoms with Gasteiger partial charge in [0.1, 0.15) is 10.9 Å². The molecule has 0 aliphatic rings. The molecule has 2 aromatic rings. The van der Waals surface area contributed by atoms with Crippen LogP contribution >= 0.6 is 15.9 Å². The minimum Gasteiger partial charge on any atom is -0.345 e. The Labute approximate surface area is 106 Å². The number of amides is 1. The number of rotatable bonds is 3. The van der Waals surface area contributed by atoms with Crippen LogP contribution in [0.4, 0.5) is 0 Å². The maximum Gasteiger partial charge on any atom is 0.254 e. The molecule has 6 nitrogen and oxygen atoms in total. The summed E-state index contributed by atoms with van der Waals surface area (Å²) in [7, 11) is 1.77. The number of carbonyl (C=O) groups excluding carboxylic acids is 1. The zero-order valence-corrected chi connectivity index (χ0v) is 10.7. The van der Waals surface area contributed by atoms with Gasteiger partial charge in [0.2, 0.25) is 0 Å². The second-order valence-electron chi connectivity index (χ2n) is 3.36. The molecular weight excluding hydrogens is 286 g/mol. The average molecular weight is 296 g/mol. The van der Waals surface area contributed by atoms with Crippen molar-refractivity contribution in [3.05, 3.63) is 40.6 Å². The predicted octanol–water partition coefficient (Wildman–Crippen LogP) is 0.903. The van der Waals surface area contributed by atoms with Gasteiger partial charge in [-0.3, -0.25) is 9.48 Å². The van der Waals surface area contributed by atoms with Crippen molar-refractivity contribution in [2.24, 2.45) is 7.05 Å². The molecule has 2 rings (SSSR count). The van der Waals surface area contributed by atoms with E-state index in [2.05, 4.69) is 36.3 Å². The van der Waals surface area contributed by atoms with E-state index < -0.39 is 0 Å². The molecule has 0 aromatic carbocycles. The van der Waals surface area contributed by atoms with Crippen molar-refractivity contribution in [1.29, 1.82) is 0 Å². The van der Waals surface area contributed by atoms with Crippen molar-refractivity contribution in [2.45, 2.75) is 6.54 Å². The Kier molecular flexibility index (Phi) is 3.48. The van der Waals surface area contributed by atoms with Crippen LogP contribution in [0.5, 0.6) is 0 Å². The smallest absolute Gasteiger partial charge is 0.254 e. The number of pyridine rings is 1. The molecule has 0 atom stereocenters. The van der Waals surface area contributed by atoms with Gasteiger partial charge < -0.3 is 5.32 Å². The Morgan fingerprint density at radius 1 is 1.53 bits per heavy atom. The highest BCUT2D eigenvalue weighted by Gasteiger charge is 2.10. The Bertz CT molecular complexity index is 539. The molecule has 0 aliphatic heterocycles. The van der Waals surface area contributed by atoms with Crippen molar-refractivity contribution in [1.82, 2.24) is 25.1 Å². The Morgan fingerprint density at radius 2 is 2.35 bits per heavy atom. The summed E-state index contributed by atoms with van der Waals surface area (Å²) >= 11 is 3.22. The number of carbonyl (C=O) groups is 1. The molecule has 0 aliphatic carbocycles. The van der Waals surface area contributed by atoms with Crippen LogP contribution in [0.2, 0.25) is 0 Å². The van der Waals surface area contributed by atoms with Crippen molar-refractivity contribution in [3.63, 3.8) is 0 Å². The molecule has 17 heavy (non-hydrogen) atoms. The van der Waals surface area contributed by atoms with Crippen LogP contribution in [0, 0.1) is 0 Å². The zero-order chi connectivity index (χ0) is 12.3. The van der Waals surface area contributed by atoms with E-state index in [9.17, 15) is 4.79 Å². The first-order valence-electron chi connectivity index (χ1n) is 4.90. The number of aryl methyl sites for hydroxylation is 1. The van der Waals surface area contributed by atoms with E-state index in [1.165, 1.54) is 0 Å². The van der Waals surface area contributed by atoms with Gasteiger partial charge in [-0.15, -0.1) is 0 Å². The lowest BCUT2D eigenvalue weighted by Gasteiger charge is -2.03. The molecule has 0 spiro atoms. The summed E-state index contributed by atoms with van der Waals surface area (Å²) < 4.78 is 2.10. The highest BCUT2D eigenvalue weighted by molar-refractivity contribution is 9.10. The number of nitrogens with zero attached hydrogens (tertiary/aromatic N) is 4. The molecule has 0 saturated heterocycles. The van der Waals surface area contributed by atoms with Crippen LogP contribution < -0.4 is 5.32 Å². The number of halogens is 1. The largest absolute Gasteiger partial charge is 0.345 e. The van der Waals surface area contributed by atoms with E-state index >= 15 is 0 Å². The van der Waals surface area contributed by atoms with Gasteiger partial charge in [-0.25, -0.2) is 9.97 Å². The Hall–Kier alpha value is -1.76. The third kappa shape index (κ3) is 2.88. The highest BCUT2D eigenvalue weighted by atomic mass is 79.9. The standard InChI is InChI=1S/C10H10BrN5O/c1-16-6-14-8(15-16)5-13-10(17)7-3-2-4-12-9(7)11/h2-4,6H,5H2,1H3,(H,13,17). The van der Waals surface area contributed by atoms with Crippen LogP contribution in [-0.2, 0) is 13.6 Å². The normalized spacial score (nSPS) is 10.2. The second kappa shape index (κ2) is 5.05. The van der Waals surface area contributed by atoms with Crippen molar-refractivity contribution < 1.29 is 4.79 Å². The average Bonchev–Trinajstić information content (AvgIpc) is 2.73. The molecule has 0 saturated carbocycles. The molecular formula is C10H10BrN5O. The van der Waals surface area contributed by atoms with Crippen LogP contribution in [0.25, 0.3) is 0 Å². The first kappa shape index (κ1) is 11.7. The fourth-order valence-corrected chi connectivity index (χ4v) is 1.71. The number of hydrogen-bond donors (Lipinski definition) is 1. The summed E-state index contributed by atoms with van der Waals surface area (Å²) in [5, 5.41) is 6.78. The molecule has 0 fully saturated rings. The van der Waals surface area contributed by atoms with Gasteiger partial charge in [-0.1, -0.05) is 0 Å². The maximum atomic E-state index is 11.8. The van der Waals surface area contributed by atoms with Crippen LogP contribution in [0.1, 0.15) is 16.2 Å². The van der Waals surface area contributed by atoms with Crippen molar-refractivity contribution in [2.75, 3.05) is 0 Å². The molecule has 2 aromatic heterocycles. The molecule has 7 heteroatoms. The molecule has 1 amide bonds. The van der Waals surface area contributed by atoms with Crippen LogP contribution in [-0.4, -0.2) is 25.7 Å². The zero-order valence-electron chi connectivity index (χ0n) is 9.09. The number of nitrogens with one attached hydrogen (secondary N) is 1. The summed E-state index contributed by atoms with van der Waals surface area (Å²) in [4.78, 5) is 19.8. The van der Waals surface area contributed by atoms with Crippen molar-refractivity contribution in [3.8, 4) is 0 Å². The third-order valence-electron chi connectivity index (χ3n) is 2.06. The van der Waals surface area contributed by atoms with Gasteiger partial charge >= 0.3 is 0 Å². The summed E-state index contributed by atoms with van der Waals surface area (Å²) in [5.41, 5.74) is 0.489. The second-order valence-corrected chi connectivity index (χ2v) is 4.11. The van der Waals surface area contributed by atoms with E-state index in [4.69, 9.17) is 0 Å². The van der Waals surface area contributed by atoms with Crippen molar-refractivity contribution >= 4 is 21.8 Å². The predicted molar refractivity (Wildman–Crippen MR) is 64.1 cm³/mol. The van der Waals surface area contributed by atoms with Crippen LogP contribution in [0.15, 0.2) is 29.3 Å². The van der Waals surface area contributed by atoms with E-state index in [0.717, 1.165) is 0 Å². The Balaban J connectivity index is 2.01. The van der Waals surface area contributed by atoms with Gasteiger partial charge in [-0.05, 0) is 28.1 Å². The molecule has 0 radical (unpaired) electrons. The maximum absolute atomic E-state index is 11.8. The topological polar surface area (TPSA) is 72.7 Å². The fourth-order valence-electron chi connectivity index (χ4n) is 1.27. The molecule has 1 N–H and O–H groups in total. The van der Waals surface area contributed by atoms with E-state index in [1.54, 1.807) is 36.4 Å². The van der Waals surface area contributed by atoms with Gasteiger partial charge in [0.25, 0.3) is 5.91 Å². The number of aromatic nitrogens is 4. The summed E-state index contributed by atoms with van der Waals surface area (Å²) in [6.07, 6.45) is 3.20. The first-order chi connectivity index (χ1) is 8.16. The van der Waals surface area contributed by atoms with E-state index in [-0.39, 0.29) is 5.91 Å². The quantitative estimate of drug-likeness (QED) is 0.854. The first-order valence-corrected chi connectivity index (χ1v) is 5.69. The minimum atomic E-state index is -0.211. The Morgan fingerprint density at radius 3 is 3.00 bits per heavy atom. The molecule has 2 heterocycles. The highest BCUT2D eigenvalue weighted by Crippen LogP contribution is 2.12. The van der Waals surface area contributed by atoms with Gasteiger partial charge in [-0.2, -0.15) is 5.10 Å². The van der Waals surface area contributed by atoms with Gasteiger partial charge in [0.05, 0.1) is 12.1 Å². The molecule has 0 unspecified atom stereocenters. The van der Waals surface area contributed by atoms with E-state index in [1.807, 2.05) is 0 Å². The summed E-state index contributed by atoms with van der Waals surface area (Å²) in [6.45, 7) is 0.293. The molecule has 88 valence electrons. The minimum absolute atomic E-state index is 0.211. The van der Waals surface area contributed by atoms with Gasteiger partial charge in [0, 0.05) is 13.2 Å². The lowest BCUT2D eigenvalue weighted by Crippen LogP contribution is -2.24. The summed E-state index contributed by atoms with van der Waals surface area (Å²) in [6, 6.07) is 3.40. The fraction of sp³-hybridized carbons (Fsp3) is 0.200. The van der Waals surface area contributed by atoms with Gasteiger partial charge in [0.15, 0.2) is 5.82 Å². The lowest BCUT2D eigenvalue weighted by molar-refractivity contribution is 0.0948.